The number of ether oxygens (including phenoxy) is 1. The summed E-state index contributed by atoms with van der Waals surface area (Å²) in [7, 11) is 0. The third-order valence-electron chi connectivity index (χ3n) is 4.54. The van der Waals surface area contributed by atoms with E-state index in [1.165, 1.54) is 6.92 Å². The van der Waals surface area contributed by atoms with Crippen LogP contribution in [-0.2, 0) is 28.5 Å². The zero-order valence-corrected chi connectivity index (χ0v) is 18.3. The van der Waals surface area contributed by atoms with E-state index >= 15 is 0 Å². The molecule has 0 aromatic heterocycles. The maximum Gasteiger partial charge on any atom is 0.416 e. The van der Waals surface area contributed by atoms with Crippen molar-refractivity contribution in [3.63, 3.8) is 0 Å². The van der Waals surface area contributed by atoms with E-state index in [9.17, 15) is 30.9 Å². The predicted molar refractivity (Wildman–Crippen MR) is 112 cm³/mol. The van der Waals surface area contributed by atoms with Crippen LogP contribution in [0, 0.1) is 0 Å². The van der Waals surface area contributed by atoms with Crippen molar-refractivity contribution in [3.05, 3.63) is 70.8 Å². The second kappa shape index (κ2) is 11.2. The van der Waals surface area contributed by atoms with Crippen molar-refractivity contribution in [2.45, 2.75) is 45.1 Å². The molecule has 0 aliphatic rings. The molecule has 0 amide bonds. The van der Waals surface area contributed by atoms with Crippen LogP contribution in [0.2, 0.25) is 0 Å². The molecule has 2 rings (SSSR count). The topological polar surface area (TPSA) is 44.7 Å². The van der Waals surface area contributed by atoms with Gasteiger partial charge in [0.15, 0.2) is 0 Å². The Bertz CT molecular complexity index is 867. The van der Waals surface area contributed by atoms with Gasteiger partial charge in [0, 0.05) is 5.56 Å². The van der Waals surface area contributed by atoms with E-state index in [1.807, 2.05) is 6.92 Å². The summed E-state index contributed by atoms with van der Waals surface area (Å²) >= 11 is -1.53. The Balaban J connectivity index is 2.29. The molecule has 0 fully saturated rings. The smallest absolute Gasteiger partial charge is 0.416 e. The summed E-state index contributed by atoms with van der Waals surface area (Å²) in [5, 5.41) is 0. The molecule has 2 aromatic carbocycles. The summed E-state index contributed by atoms with van der Waals surface area (Å²) in [5.41, 5.74) is -2.18. The number of benzene rings is 2. The third-order valence-corrected chi connectivity index (χ3v) is 5.60. The first-order valence-corrected chi connectivity index (χ1v) is 11.1. The van der Waals surface area contributed by atoms with Crippen molar-refractivity contribution in [2.24, 2.45) is 4.40 Å². The van der Waals surface area contributed by atoms with Gasteiger partial charge < -0.3 is 9.29 Å². The number of alkyl halides is 6. The fraction of sp³-hybridized carbons (Fsp3) is 0.409. The van der Waals surface area contributed by atoms with Crippen molar-refractivity contribution in [1.82, 2.24) is 0 Å². The molecule has 0 N–H and O–H groups in total. The van der Waals surface area contributed by atoms with Crippen LogP contribution in [0.3, 0.4) is 0 Å². The second-order valence-electron chi connectivity index (χ2n) is 7.08. The van der Waals surface area contributed by atoms with Crippen molar-refractivity contribution in [1.29, 1.82) is 0 Å². The van der Waals surface area contributed by atoms with Crippen LogP contribution >= 0.6 is 0 Å². The average molecular weight is 479 g/mol. The molecule has 0 bridgehead atoms. The van der Waals surface area contributed by atoms with Gasteiger partial charge in [-0.2, -0.15) is 26.3 Å². The van der Waals surface area contributed by atoms with Crippen LogP contribution in [0.5, 0.6) is 0 Å². The van der Waals surface area contributed by atoms with E-state index in [1.54, 1.807) is 30.3 Å². The number of hydrogen-bond acceptors (Lipinski definition) is 3. The van der Waals surface area contributed by atoms with Crippen LogP contribution < -0.4 is 0 Å². The molecule has 0 spiro atoms. The molecule has 176 valence electrons. The molecule has 1 unspecified atom stereocenters. The minimum Gasteiger partial charge on any atom is -0.591 e. The third kappa shape index (κ3) is 7.83. The molecule has 0 aliphatic heterocycles. The lowest BCUT2D eigenvalue weighted by Crippen LogP contribution is -2.17. The molecular formula is C22H23F6NO2S. The van der Waals surface area contributed by atoms with Crippen LogP contribution in [-0.4, -0.2) is 22.6 Å². The fourth-order valence-electron chi connectivity index (χ4n) is 2.74. The first kappa shape index (κ1) is 26.2. The summed E-state index contributed by atoms with van der Waals surface area (Å²) in [5.74, 6) is 0.338. The SMILES string of the molecule is CCCC[S+]([O-])N=C(CO[C@H](C)c1cc(C(F)(F)F)cc(C(F)(F)F)c1)c1ccccc1. The quantitative estimate of drug-likeness (QED) is 0.227. The Hall–Kier alpha value is -2.04. The minimum atomic E-state index is -4.94. The molecule has 0 saturated carbocycles. The summed E-state index contributed by atoms with van der Waals surface area (Å²) < 4.78 is 101. The van der Waals surface area contributed by atoms with E-state index in [0.717, 1.165) is 6.42 Å². The molecule has 2 aromatic rings. The lowest BCUT2D eigenvalue weighted by molar-refractivity contribution is -0.143. The van der Waals surface area contributed by atoms with Gasteiger partial charge >= 0.3 is 12.4 Å². The largest absolute Gasteiger partial charge is 0.591 e. The predicted octanol–water partition coefficient (Wildman–Crippen LogP) is 6.75. The van der Waals surface area contributed by atoms with Crippen molar-refractivity contribution in [3.8, 4) is 0 Å². The molecular weight excluding hydrogens is 456 g/mol. The van der Waals surface area contributed by atoms with Gasteiger partial charge in [-0.1, -0.05) is 48.1 Å². The van der Waals surface area contributed by atoms with Crippen LogP contribution in [0.15, 0.2) is 52.9 Å². The molecule has 0 radical (unpaired) electrons. The molecule has 10 heteroatoms. The Kier molecular flexibility index (Phi) is 9.18. The monoisotopic (exact) mass is 479 g/mol. The molecule has 2 atom stereocenters. The summed E-state index contributed by atoms with van der Waals surface area (Å²) in [6, 6.07) is 9.98. The van der Waals surface area contributed by atoms with Gasteiger partial charge in [0.2, 0.25) is 0 Å². The zero-order valence-electron chi connectivity index (χ0n) is 17.5. The fourth-order valence-corrected chi connectivity index (χ4v) is 3.77. The standard InChI is InChI=1S/C22H23F6NO2S/c1-3-4-10-32(30)29-20(16-8-6-5-7-9-16)14-31-15(2)17-11-18(21(23,24)25)13-19(12-17)22(26,27)28/h5-9,11-13,15H,3-4,10,14H2,1-2H3/t15-,32?/m1/s1. The highest BCUT2D eigenvalue weighted by molar-refractivity contribution is 7.90. The normalized spacial score (nSPS) is 15.0. The molecule has 3 nitrogen and oxygen atoms in total. The lowest BCUT2D eigenvalue weighted by atomic mass is 10.0. The number of nitrogens with zero attached hydrogens (tertiary/aromatic N) is 1. The average Bonchev–Trinajstić information content (AvgIpc) is 2.74. The molecule has 0 aliphatic carbocycles. The van der Waals surface area contributed by atoms with E-state index in [0.29, 0.717) is 35.6 Å². The maximum absolute atomic E-state index is 13.1. The van der Waals surface area contributed by atoms with Gasteiger partial charge in [-0.05, 0) is 37.1 Å². The summed E-state index contributed by atoms with van der Waals surface area (Å²) in [6.45, 7) is 3.06. The van der Waals surface area contributed by atoms with Gasteiger partial charge in [-0.25, -0.2) is 0 Å². The molecule has 0 saturated heterocycles. The second-order valence-corrected chi connectivity index (χ2v) is 8.31. The van der Waals surface area contributed by atoms with E-state index in [4.69, 9.17) is 4.74 Å². The first-order valence-electron chi connectivity index (χ1n) is 9.84. The van der Waals surface area contributed by atoms with Gasteiger partial charge in [0.05, 0.1) is 35.2 Å². The minimum absolute atomic E-state index is 0.0734. The van der Waals surface area contributed by atoms with Crippen LogP contribution in [0.25, 0.3) is 0 Å². The Morgan fingerprint density at radius 3 is 2.06 bits per heavy atom. The highest BCUT2D eigenvalue weighted by Gasteiger charge is 2.37. The van der Waals surface area contributed by atoms with E-state index in [2.05, 4.69) is 4.40 Å². The van der Waals surface area contributed by atoms with Crippen molar-refractivity contribution in [2.75, 3.05) is 12.4 Å². The van der Waals surface area contributed by atoms with E-state index < -0.39 is 40.9 Å². The van der Waals surface area contributed by atoms with Gasteiger partial charge in [-0.3, -0.25) is 0 Å². The van der Waals surface area contributed by atoms with Gasteiger partial charge in [0.1, 0.15) is 11.5 Å². The zero-order chi connectivity index (χ0) is 23.9. The number of unbranched alkanes of at least 4 members (excludes halogenated alkanes) is 1. The summed E-state index contributed by atoms with van der Waals surface area (Å²) in [4.78, 5) is 0. The maximum atomic E-state index is 13.1. The highest BCUT2D eigenvalue weighted by Crippen LogP contribution is 2.37. The number of hydrogen-bond donors (Lipinski definition) is 0. The Labute approximate surface area is 185 Å². The Morgan fingerprint density at radius 2 is 1.56 bits per heavy atom. The summed E-state index contributed by atoms with van der Waals surface area (Å²) in [6.07, 6.45) is -9.46. The van der Waals surface area contributed by atoms with Gasteiger partial charge in [-0.15, -0.1) is 0 Å². The first-order chi connectivity index (χ1) is 14.9. The van der Waals surface area contributed by atoms with Crippen molar-refractivity contribution < 1.29 is 35.6 Å². The molecule has 32 heavy (non-hydrogen) atoms. The Morgan fingerprint density at radius 1 is 1.00 bits per heavy atom. The van der Waals surface area contributed by atoms with Gasteiger partial charge in [0.25, 0.3) is 0 Å². The van der Waals surface area contributed by atoms with Crippen LogP contribution in [0.1, 0.15) is 55.0 Å². The molecule has 0 heterocycles. The van der Waals surface area contributed by atoms with E-state index in [-0.39, 0.29) is 18.2 Å². The van der Waals surface area contributed by atoms with Crippen LogP contribution in [0.4, 0.5) is 26.3 Å². The number of rotatable bonds is 9. The highest BCUT2D eigenvalue weighted by atomic mass is 32.2. The lowest BCUT2D eigenvalue weighted by Gasteiger charge is -2.19. The van der Waals surface area contributed by atoms with Crippen molar-refractivity contribution >= 4 is 17.1 Å². The number of halogens is 6.